The third-order valence-corrected chi connectivity index (χ3v) is 5.91. The van der Waals surface area contributed by atoms with E-state index in [1.807, 2.05) is 7.05 Å². The molecule has 29 heavy (non-hydrogen) atoms. The van der Waals surface area contributed by atoms with Gasteiger partial charge in [-0.15, -0.1) is 24.0 Å². The van der Waals surface area contributed by atoms with E-state index in [1.54, 1.807) is 0 Å². The maximum absolute atomic E-state index is 4.61. The number of aliphatic imine (C=N–C) groups is 1. The number of nitrogens with zero attached hydrogens (tertiary/aromatic N) is 5. The lowest BCUT2D eigenvalue weighted by atomic mass is 10.2. The van der Waals surface area contributed by atoms with E-state index in [9.17, 15) is 0 Å². The average molecular weight is 525 g/mol. The van der Waals surface area contributed by atoms with Crippen molar-refractivity contribution in [3.63, 3.8) is 0 Å². The molecule has 2 aromatic heterocycles. The van der Waals surface area contributed by atoms with Crippen molar-refractivity contribution in [3.8, 4) is 0 Å². The Morgan fingerprint density at radius 3 is 2.72 bits per heavy atom. The molecule has 3 aromatic rings. The molecule has 156 valence electrons. The Kier molecular flexibility index (Phi) is 7.70. The van der Waals surface area contributed by atoms with Crippen LogP contribution in [-0.4, -0.2) is 65.0 Å². The highest BCUT2D eigenvalue weighted by Crippen LogP contribution is 2.19. The van der Waals surface area contributed by atoms with Crippen molar-refractivity contribution in [3.05, 3.63) is 41.9 Å². The molecule has 0 amide bonds. The first kappa shape index (κ1) is 21.8. The molecule has 0 aliphatic carbocycles. The molecule has 1 aliphatic heterocycles. The fourth-order valence-electron chi connectivity index (χ4n) is 3.54. The highest BCUT2D eigenvalue weighted by Gasteiger charge is 2.21. The van der Waals surface area contributed by atoms with Gasteiger partial charge in [-0.2, -0.15) is 4.37 Å². The van der Waals surface area contributed by atoms with Crippen LogP contribution in [0.25, 0.3) is 10.9 Å². The van der Waals surface area contributed by atoms with Gasteiger partial charge in [-0.3, -0.25) is 4.99 Å². The number of aromatic nitrogens is 3. The number of para-hydroxylation sites is 1. The molecule has 4 rings (SSSR count). The molecule has 3 heterocycles. The van der Waals surface area contributed by atoms with Gasteiger partial charge >= 0.3 is 0 Å². The largest absolute Gasteiger partial charge is 0.358 e. The average Bonchev–Trinajstić information content (AvgIpc) is 3.38. The first-order valence-corrected chi connectivity index (χ1v) is 10.6. The normalized spacial score (nSPS) is 14.9. The summed E-state index contributed by atoms with van der Waals surface area (Å²) in [6.45, 7) is 6.72. The predicted molar refractivity (Wildman–Crippen MR) is 132 cm³/mol. The third kappa shape index (κ3) is 5.19. The molecule has 0 saturated carbocycles. The van der Waals surface area contributed by atoms with Crippen LogP contribution in [0.4, 0.5) is 5.13 Å². The van der Waals surface area contributed by atoms with Crippen molar-refractivity contribution in [1.29, 1.82) is 0 Å². The number of piperazine rings is 1. The second-order valence-corrected chi connectivity index (χ2v) is 7.66. The zero-order valence-electron chi connectivity index (χ0n) is 16.9. The monoisotopic (exact) mass is 525 g/mol. The van der Waals surface area contributed by atoms with Crippen LogP contribution in [0, 0.1) is 0 Å². The lowest BCUT2D eigenvalue weighted by Crippen LogP contribution is -2.52. The Hall–Kier alpha value is -1.88. The number of anilines is 1. The van der Waals surface area contributed by atoms with E-state index >= 15 is 0 Å². The Morgan fingerprint density at radius 2 is 2.03 bits per heavy atom. The number of guanidine groups is 1. The second-order valence-electron chi connectivity index (χ2n) is 6.93. The van der Waals surface area contributed by atoms with E-state index in [4.69, 9.17) is 0 Å². The van der Waals surface area contributed by atoms with Gasteiger partial charge in [-0.25, -0.2) is 4.98 Å². The van der Waals surface area contributed by atoms with Crippen molar-refractivity contribution < 1.29 is 0 Å². The number of aryl methyl sites for hydroxylation is 1. The summed E-state index contributed by atoms with van der Waals surface area (Å²) in [5.41, 5.74) is 2.44. The zero-order chi connectivity index (χ0) is 19.3. The Morgan fingerprint density at radius 1 is 1.24 bits per heavy atom. The van der Waals surface area contributed by atoms with Gasteiger partial charge in [0.1, 0.15) is 5.82 Å². The zero-order valence-corrected chi connectivity index (χ0v) is 20.0. The molecule has 0 atom stereocenters. The molecular weight excluding hydrogens is 497 g/mol. The maximum atomic E-state index is 4.61. The number of benzene rings is 1. The summed E-state index contributed by atoms with van der Waals surface area (Å²) in [5.74, 6) is 1.92. The summed E-state index contributed by atoms with van der Waals surface area (Å²) < 4.78 is 4.40. The molecule has 1 aliphatic rings. The maximum Gasteiger partial charge on any atom is 0.205 e. The summed E-state index contributed by atoms with van der Waals surface area (Å²) in [4.78, 5) is 17.2. The van der Waals surface area contributed by atoms with Gasteiger partial charge in [-0.05, 0) is 17.5 Å². The number of halogens is 1. The number of hydrogen-bond acceptors (Lipinski definition) is 5. The molecule has 9 heteroatoms. The van der Waals surface area contributed by atoms with Crippen LogP contribution in [0.3, 0.4) is 0 Å². The number of nitrogens with one attached hydrogen (secondary N) is 2. The molecule has 0 radical (unpaired) electrons. The van der Waals surface area contributed by atoms with E-state index in [1.165, 1.54) is 28.1 Å². The highest BCUT2D eigenvalue weighted by molar-refractivity contribution is 14.0. The smallest absolute Gasteiger partial charge is 0.205 e. The molecule has 1 fully saturated rings. The van der Waals surface area contributed by atoms with Crippen LogP contribution in [0.1, 0.15) is 18.4 Å². The van der Waals surface area contributed by atoms with Crippen molar-refractivity contribution in [2.24, 2.45) is 4.99 Å². The molecule has 1 saturated heterocycles. The van der Waals surface area contributed by atoms with Crippen molar-refractivity contribution in [1.82, 2.24) is 24.6 Å². The summed E-state index contributed by atoms with van der Waals surface area (Å²) in [6, 6.07) is 10.6. The van der Waals surface area contributed by atoms with Gasteiger partial charge in [0.25, 0.3) is 0 Å². The van der Waals surface area contributed by atoms with Crippen molar-refractivity contribution in [2.75, 3.05) is 44.7 Å². The number of fused-ring (bicyclic) bond motifs is 1. The fraction of sp³-hybridized carbons (Fsp3) is 0.450. The van der Waals surface area contributed by atoms with Gasteiger partial charge in [0.15, 0.2) is 5.96 Å². The molecule has 0 bridgehead atoms. The topological polar surface area (TPSA) is 72.4 Å². The molecular formula is C20H28IN7S. The van der Waals surface area contributed by atoms with E-state index in [0.29, 0.717) is 0 Å². The van der Waals surface area contributed by atoms with Crippen LogP contribution in [0.2, 0.25) is 0 Å². The van der Waals surface area contributed by atoms with Crippen molar-refractivity contribution >= 4 is 57.5 Å². The van der Waals surface area contributed by atoms with Gasteiger partial charge < -0.3 is 20.1 Å². The first-order chi connectivity index (χ1) is 13.8. The molecule has 2 N–H and O–H groups in total. The summed E-state index contributed by atoms with van der Waals surface area (Å²) >= 11 is 1.51. The second kappa shape index (κ2) is 10.2. The third-order valence-electron chi connectivity index (χ3n) is 5.10. The number of hydrogen-bond donors (Lipinski definition) is 2. The highest BCUT2D eigenvalue weighted by atomic mass is 127. The summed E-state index contributed by atoms with van der Waals surface area (Å²) in [5, 5.41) is 5.82. The number of rotatable bonds is 5. The van der Waals surface area contributed by atoms with Crippen LogP contribution >= 0.6 is 35.5 Å². The van der Waals surface area contributed by atoms with Crippen LogP contribution in [0.15, 0.2) is 35.3 Å². The van der Waals surface area contributed by atoms with Gasteiger partial charge in [0.2, 0.25) is 5.13 Å². The fourth-order valence-corrected chi connectivity index (χ4v) is 4.34. The van der Waals surface area contributed by atoms with E-state index in [-0.39, 0.29) is 24.0 Å². The van der Waals surface area contributed by atoms with Gasteiger partial charge in [0.05, 0.1) is 0 Å². The Balaban J connectivity index is 0.00000240. The first-order valence-electron chi connectivity index (χ1n) is 9.86. The quantitative estimate of drug-likeness (QED) is 0.304. The minimum Gasteiger partial charge on any atom is -0.358 e. The number of aromatic amines is 1. The Labute approximate surface area is 192 Å². The molecule has 0 spiro atoms. The summed E-state index contributed by atoms with van der Waals surface area (Å²) in [6.07, 6.45) is 1.83. The van der Waals surface area contributed by atoms with Crippen LogP contribution in [0.5, 0.6) is 0 Å². The number of H-pyrrole nitrogens is 1. The minimum atomic E-state index is 0. The molecule has 7 nitrogen and oxygen atoms in total. The van der Waals surface area contributed by atoms with Gasteiger partial charge in [0, 0.05) is 75.4 Å². The van der Waals surface area contributed by atoms with Gasteiger partial charge in [-0.1, -0.05) is 25.1 Å². The van der Waals surface area contributed by atoms with Crippen LogP contribution in [-0.2, 0) is 12.8 Å². The van der Waals surface area contributed by atoms with E-state index < -0.39 is 0 Å². The lowest BCUT2D eigenvalue weighted by Gasteiger charge is -2.36. The summed E-state index contributed by atoms with van der Waals surface area (Å²) in [7, 11) is 1.86. The predicted octanol–water partition coefficient (Wildman–Crippen LogP) is 3.14. The molecule has 0 unspecified atom stereocenters. The minimum absolute atomic E-state index is 0. The van der Waals surface area contributed by atoms with E-state index in [2.05, 4.69) is 71.7 Å². The Bertz CT molecular complexity index is 910. The standard InChI is InChI=1S/C20H27N7S.HI/c1-3-18-24-20(28-25-18)27-12-10-26(11-13-27)19(21-2)22-9-8-16-14-15-6-4-5-7-17(15)23-16;/h4-7,14,23H,3,8-13H2,1-2H3,(H,21,22);1H. The van der Waals surface area contributed by atoms with Crippen molar-refractivity contribution in [2.45, 2.75) is 19.8 Å². The SMILES string of the molecule is CCc1nsc(N2CCN(C(=NC)NCCc3cc4ccccc4[nH]3)CC2)n1.I. The molecule has 1 aromatic carbocycles. The van der Waals surface area contributed by atoms with E-state index in [0.717, 1.165) is 62.5 Å². The van der Waals surface area contributed by atoms with Crippen LogP contribution < -0.4 is 10.2 Å². The lowest BCUT2D eigenvalue weighted by molar-refractivity contribution is 0.372.